The van der Waals surface area contributed by atoms with Gasteiger partial charge in [-0.15, -0.1) is 0 Å². The molecule has 0 spiro atoms. The topological polar surface area (TPSA) is 18.5 Å². The van der Waals surface area contributed by atoms with Gasteiger partial charge in [0, 0.05) is 0 Å². The molecule has 20 heavy (non-hydrogen) atoms. The van der Waals surface area contributed by atoms with Crippen molar-refractivity contribution in [2.45, 2.75) is 4.83 Å². The number of halogens is 3. The molecule has 1 atom stereocenters. The van der Waals surface area contributed by atoms with Gasteiger partial charge in [-0.05, 0) is 29.8 Å². The second-order valence-corrected chi connectivity index (χ2v) is 5.03. The van der Waals surface area contributed by atoms with Crippen LogP contribution in [0.2, 0.25) is 0 Å². The van der Waals surface area contributed by atoms with Crippen LogP contribution in [-0.4, -0.2) is 14.2 Å². The lowest BCUT2D eigenvalue weighted by molar-refractivity contribution is 0.386. The van der Waals surface area contributed by atoms with Gasteiger partial charge in [0.2, 0.25) is 0 Å². The van der Waals surface area contributed by atoms with Crippen molar-refractivity contribution in [3.05, 3.63) is 59.2 Å². The zero-order chi connectivity index (χ0) is 14.7. The molecule has 1 unspecified atom stereocenters. The Bertz CT molecular complexity index is 595. The predicted molar refractivity (Wildman–Crippen MR) is 76.7 cm³/mol. The summed E-state index contributed by atoms with van der Waals surface area (Å²) in [5.41, 5.74) is 1.30. The minimum atomic E-state index is -0.888. The molecule has 0 heterocycles. The number of methoxy groups -OCH3 is 2. The van der Waals surface area contributed by atoms with Crippen LogP contribution in [0.1, 0.15) is 16.0 Å². The molecule has 0 aliphatic carbocycles. The second kappa shape index (κ2) is 6.22. The van der Waals surface area contributed by atoms with E-state index in [0.29, 0.717) is 17.1 Å². The van der Waals surface area contributed by atoms with Crippen LogP contribution in [0.4, 0.5) is 8.78 Å². The van der Waals surface area contributed by atoms with E-state index in [1.165, 1.54) is 6.07 Å². The zero-order valence-corrected chi connectivity index (χ0v) is 12.6. The number of rotatable bonds is 4. The summed E-state index contributed by atoms with van der Waals surface area (Å²) in [4.78, 5) is -0.372. The summed E-state index contributed by atoms with van der Waals surface area (Å²) in [6.45, 7) is 0. The van der Waals surface area contributed by atoms with Crippen LogP contribution in [0.3, 0.4) is 0 Å². The molecule has 5 heteroatoms. The van der Waals surface area contributed by atoms with Crippen molar-refractivity contribution >= 4 is 15.9 Å². The van der Waals surface area contributed by atoms with Gasteiger partial charge in [-0.1, -0.05) is 28.1 Å². The molecule has 0 radical (unpaired) electrons. The molecule has 0 aliphatic rings. The first kappa shape index (κ1) is 14.8. The number of alkyl halides is 1. The maximum absolute atomic E-state index is 13.4. The Morgan fingerprint density at radius 2 is 1.55 bits per heavy atom. The summed E-state index contributed by atoms with van der Waals surface area (Å²) in [5, 5.41) is 0. The van der Waals surface area contributed by atoms with E-state index in [-0.39, 0.29) is 4.83 Å². The quantitative estimate of drug-likeness (QED) is 0.763. The maximum atomic E-state index is 13.4. The average molecular weight is 343 g/mol. The summed E-state index contributed by atoms with van der Waals surface area (Å²) < 4.78 is 37.0. The van der Waals surface area contributed by atoms with Gasteiger partial charge in [-0.3, -0.25) is 0 Å². The summed E-state index contributed by atoms with van der Waals surface area (Å²) in [6.07, 6.45) is 0. The molecule has 0 aliphatic heterocycles. The van der Waals surface area contributed by atoms with Gasteiger partial charge in [0.15, 0.2) is 11.6 Å². The molecule has 0 saturated heterocycles. The minimum Gasteiger partial charge on any atom is -0.496 e. The first-order valence-electron chi connectivity index (χ1n) is 5.88. The molecular weight excluding hydrogens is 330 g/mol. The van der Waals surface area contributed by atoms with Gasteiger partial charge in [0.1, 0.15) is 11.5 Å². The fraction of sp³-hybridized carbons (Fsp3) is 0.200. The molecule has 0 saturated carbocycles. The van der Waals surface area contributed by atoms with Crippen LogP contribution in [0.5, 0.6) is 11.5 Å². The molecule has 2 rings (SSSR count). The van der Waals surface area contributed by atoms with Crippen molar-refractivity contribution in [2.75, 3.05) is 14.2 Å². The number of hydrogen-bond donors (Lipinski definition) is 0. The molecule has 0 aromatic heterocycles. The van der Waals surface area contributed by atoms with Gasteiger partial charge < -0.3 is 9.47 Å². The van der Waals surface area contributed by atoms with Crippen LogP contribution in [0, 0.1) is 11.6 Å². The standard InChI is InChI=1S/C15H13BrF2O2/c1-19-12-4-3-5-13(20-2)14(12)15(16)9-6-7-10(17)11(18)8-9/h3-8,15H,1-2H3. The highest BCUT2D eigenvalue weighted by Gasteiger charge is 2.21. The lowest BCUT2D eigenvalue weighted by Gasteiger charge is -2.18. The molecular formula is C15H13BrF2O2. The van der Waals surface area contributed by atoms with Crippen LogP contribution >= 0.6 is 15.9 Å². The highest BCUT2D eigenvalue weighted by Crippen LogP contribution is 2.42. The minimum absolute atomic E-state index is 0.372. The van der Waals surface area contributed by atoms with Crippen molar-refractivity contribution in [3.63, 3.8) is 0 Å². The van der Waals surface area contributed by atoms with E-state index in [1.54, 1.807) is 32.4 Å². The summed E-state index contributed by atoms with van der Waals surface area (Å²) in [5.74, 6) is -0.548. The Morgan fingerprint density at radius 3 is 2.05 bits per heavy atom. The molecule has 2 nitrogen and oxygen atoms in total. The van der Waals surface area contributed by atoms with E-state index >= 15 is 0 Å². The smallest absolute Gasteiger partial charge is 0.159 e. The van der Waals surface area contributed by atoms with E-state index in [9.17, 15) is 8.78 Å². The van der Waals surface area contributed by atoms with Gasteiger partial charge in [0.05, 0.1) is 24.6 Å². The Balaban J connectivity index is 2.51. The molecule has 2 aromatic carbocycles. The predicted octanol–water partition coefficient (Wildman–Crippen LogP) is 4.47. The third-order valence-corrected chi connectivity index (χ3v) is 3.94. The lowest BCUT2D eigenvalue weighted by atomic mass is 10.0. The van der Waals surface area contributed by atoms with Gasteiger partial charge in [0.25, 0.3) is 0 Å². The van der Waals surface area contributed by atoms with Crippen LogP contribution in [0.25, 0.3) is 0 Å². The normalized spacial score (nSPS) is 12.1. The molecule has 0 N–H and O–H groups in total. The molecule has 0 fully saturated rings. The molecule has 2 aromatic rings. The Kier molecular flexibility index (Phi) is 4.60. The van der Waals surface area contributed by atoms with E-state index in [0.717, 1.165) is 17.7 Å². The van der Waals surface area contributed by atoms with Crippen molar-refractivity contribution < 1.29 is 18.3 Å². The number of ether oxygens (including phenoxy) is 2. The highest BCUT2D eigenvalue weighted by molar-refractivity contribution is 9.09. The second-order valence-electron chi connectivity index (χ2n) is 4.11. The van der Waals surface area contributed by atoms with Crippen molar-refractivity contribution in [1.82, 2.24) is 0 Å². The largest absolute Gasteiger partial charge is 0.496 e. The highest BCUT2D eigenvalue weighted by atomic mass is 79.9. The molecule has 106 valence electrons. The van der Waals surface area contributed by atoms with Crippen LogP contribution in [0.15, 0.2) is 36.4 Å². The maximum Gasteiger partial charge on any atom is 0.159 e. The average Bonchev–Trinajstić information content (AvgIpc) is 2.48. The van der Waals surface area contributed by atoms with Crippen LogP contribution < -0.4 is 9.47 Å². The van der Waals surface area contributed by atoms with Crippen molar-refractivity contribution in [3.8, 4) is 11.5 Å². The number of benzene rings is 2. The fourth-order valence-corrected chi connectivity index (χ4v) is 2.70. The summed E-state index contributed by atoms with van der Waals surface area (Å²) >= 11 is 3.49. The van der Waals surface area contributed by atoms with Gasteiger partial charge in [-0.2, -0.15) is 0 Å². The van der Waals surface area contributed by atoms with Crippen molar-refractivity contribution in [2.24, 2.45) is 0 Å². The van der Waals surface area contributed by atoms with Gasteiger partial charge in [-0.25, -0.2) is 8.78 Å². The molecule has 0 bridgehead atoms. The first-order chi connectivity index (χ1) is 9.58. The summed E-state index contributed by atoms with van der Waals surface area (Å²) in [6, 6.07) is 9.13. The Labute approximate surface area is 124 Å². The first-order valence-corrected chi connectivity index (χ1v) is 6.80. The van der Waals surface area contributed by atoms with Gasteiger partial charge >= 0.3 is 0 Å². The zero-order valence-electron chi connectivity index (χ0n) is 11.0. The van der Waals surface area contributed by atoms with E-state index in [1.807, 2.05) is 0 Å². The Morgan fingerprint density at radius 1 is 0.950 bits per heavy atom. The lowest BCUT2D eigenvalue weighted by Crippen LogP contribution is -2.01. The fourth-order valence-electron chi connectivity index (χ4n) is 1.97. The van der Waals surface area contributed by atoms with E-state index in [4.69, 9.17) is 9.47 Å². The molecule has 0 amide bonds. The SMILES string of the molecule is COc1cccc(OC)c1C(Br)c1ccc(F)c(F)c1. The third-order valence-electron chi connectivity index (χ3n) is 2.96. The van der Waals surface area contributed by atoms with E-state index in [2.05, 4.69) is 15.9 Å². The van der Waals surface area contributed by atoms with E-state index < -0.39 is 11.6 Å². The number of hydrogen-bond acceptors (Lipinski definition) is 2. The third kappa shape index (κ3) is 2.77. The Hall–Kier alpha value is -1.62. The van der Waals surface area contributed by atoms with Crippen LogP contribution in [-0.2, 0) is 0 Å². The van der Waals surface area contributed by atoms with Crippen molar-refractivity contribution in [1.29, 1.82) is 0 Å². The summed E-state index contributed by atoms with van der Waals surface area (Å²) in [7, 11) is 3.09. The monoisotopic (exact) mass is 342 g/mol.